The number of benzene rings is 4. The zero-order valence-corrected chi connectivity index (χ0v) is 32.6. The topological polar surface area (TPSA) is 103 Å². The van der Waals surface area contributed by atoms with Gasteiger partial charge in [0.15, 0.2) is 0 Å². The van der Waals surface area contributed by atoms with Crippen molar-refractivity contribution in [3.63, 3.8) is 0 Å². The molecule has 1 aliphatic carbocycles. The van der Waals surface area contributed by atoms with E-state index in [0.29, 0.717) is 11.5 Å². The molecular formula is C49H38N4O5. The Hall–Kier alpha value is -7.52. The molecule has 0 spiro atoms. The minimum absolute atomic E-state index is 0.683. The van der Waals surface area contributed by atoms with Gasteiger partial charge >= 0.3 is 0 Å². The molecule has 2 aliphatic heterocycles. The van der Waals surface area contributed by atoms with E-state index in [1.54, 1.807) is 35.5 Å². The van der Waals surface area contributed by atoms with Gasteiger partial charge in [-0.05, 0) is 102 Å². The van der Waals surface area contributed by atoms with Crippen LogP contribution in [0.25, 0.3) is 78.7 Å². The van der Waals surface area contributed by atoms with Crippen LogP contribution in [0, 0.1) is 0 Å². The van der Waals surface area contributed by atoms with Gasteiger partial charge in [0.2, 0.25) is 0 Å². The molecule has 7 aromatic rings. The first-order valence-electron chi connectivity index (χ1n) is 18.9. The lowest BCUT2D eigenvalue weighted by atomic mass is 10.0. The Bertz CT molecular complexity index is 3010. The Morgan fingerprint density at radius 1 is 0.397 bits per heavy atom. The minimum atomic E-state index is 0.683. The number of aromatic nitrogens is 3. The SMILES string of the molecule is COc1ccc(-c2c3cc4c(c5ccc([nH]5)c(-c5ccc(OC)cc5)c5nc(c(-c6ccc(OC)cc6)c6ccc2[nH]6)C=C5)-c2cc(OC)cc(OC)c2C4=N3)cc1. The van der Waals surface area contributed by atoms with Crippen LogP contribution in [-0.4, -0.2) is 56.2 Å². The van der Waals surface area contributed by atoms with Crippen LogP contribution in [0.3, 0.4) is 0 Å². The quantitative estimate of drug-likeness (QED) is 0.160. The number of nitrogens with zero attached hydrogens (tertiary/aromatic N) is 2. The zero-order valence-electron chi connectivity index (χ0n) is 32.6. The fraction of sp³-hybridized carbons (Fsp3) is 0.102. The largest absolute Gasteiger partial charge is 0.497 e. The van der Waals surface area contributed by atoms with Gasteiger partial charge in [0.25, 0.3) is 0 Å². The molecule has 3 aliphatic rings. The summed E-state index contributed by atoms with van der Waals surface area (Å²) in [5.41, 5.74) is 16.6. The zero-order chi connectivity index (χ0) is 39.5. The molecule has 9 heteroatoms. The van der Waals surface area contributed by atoms with Crippen molar-refractivity contribution in [3.05, 3.63) is 138 Å². The van der Waals surface area contributed by atoms with Gasteiger partial charge in [-0.15, -0.1) is 0 Å². The summed E-state index contributed by atoms with van der Waals surface area (Å²) in [5.74, 6) is 3.70. The summed E-state index contributed by atoms with van der Waals surface area (Å²) in [7, 11) is 8.39. The van der Waals surface area contributed by atoms with Gasteiger partial charge in [-0.2, -0.15) is 0 Å². The Labute approximate surface area is 334 Å². The third-order valence-corrected chi connectivity index (χ3v) is 11.1. The van der Waals surface area contributed by atoms with E-state index in [-0.39, 0.29) is 0 Å². The van der Waals surface area contributed by atoms with Crippen LogP contribution >= 0.6 is 0 Å². The molecule has 284 valence electrons. The highest BCUT2D eigenvalue weighted by atomic mass is 16.5. The second-order valence-corrected chi connectivity index (χ2v) is 14.1. The molecule has 3 aromatic heterocycles. The van der Waals surface area contributed by atoms with Crippen LogP contribution in [0.5, 0.6) is 28.7 Å². The molecule has 10 rings (SSSR count). The molecule has 0 radical (unpaired) electrons. The van der Waals surface area contributed by atoms with E-state index in [9.17, 15) is 0 Å². The maximum atomic E-state index is 6.05. The smallest absolute Gasteiger partial charge is 0.132 e. The van der Waals surface area contributed by atoms with Crippen LogP contribution in [0.4, 0.5) is 5.69 Å². The lowest BCUT2D eigenvalue weighted by molar-refractivity contribution is 0.394. The lowest BCUT2D eigenvalue weighted by Crippen LogP contribution is -1.99. The number of H-pyrrole nitrogens is 2. The first-order valence-corrected chi connectivity index (χ1v) is 18.9. The minimum Gasteiger partial charge on any atom is -0.497 e. The number of fused-ring (bicyclic) bond motifs is 11. The normalized spacial score (nSPS) is 12.3. The van der Waals surface area contributed by atoms with Crippen molar-refractivity contribution in [1.82, 2.24) is 15.0 Å². The van der Waals surface area contributed by atoms with Gasteiger partial charge in [-0.3, -0.25) is 0 Å². The lowest BCUT2D eigenvalue weighted by Gasteiger charge is -2.11. The average molecular weight is 763 g/mol. The Morgan fingerprint density at radius 3 is 1.31 bits per heavy atom. The summed E-state index contributed by atoms with van der Waals surface area (Å²) in [4.78, 5) is 18.5. The molecule has 0 saturated carbocycles. The molecule has 58 heavy (non-hydrogen) atoms. The number of aromatic amines is 2. The number of aliphatic imine (C=N–C) groups is 1. The maximum absolute atomic E-state index is 6.05. The van der Waals surface area contributed by atoms with Crippen molar-refractivity contribution < 1.29 is 23.7 Å². The van der Waals surface area contributed by atoms with Gasteiger partial charge < -0.3 is 33.7 Å². The van der Waals surface area contributed by atoms with E-state index in [2.05, 4.69) is 94.9 Å². The van der Waals surface area contributed by atoms with Gasteiger partial charge in [0.05, 0.1) is 63.9 Å². The molecule has 0 fully saturated rings. The van der Waals surface area contributed by atoms with E-state index in [1.165, 1.54) is 0 Å². The van der Waals surface area contributed by atoms with Crippen LogP contribution < -0.4 is 23.7 Å². The summed E-state index contributed by atoms with van der Waals surface area (Å²) < 4.78 is 28.5. The average Bonchev–Trinajstić information content (AvgIpc) is 4.13. The number of hydrogen-bond donors (Lipinski definition) is 2. The van der Waals surface area contributed by atoms with Gasteiger partial charge in [0.1, 0.15) is 28.7 Å². The first-order chi connectivity index (χ1) is 28.5. The summed E-state index contributed by atoms with van der Waals surface area (Å²) >= 11 is 0. The highest BCUT2D eigenvalue weighted by Gasteiger charge is 2.33. The fourth-order valence-electron chi connectivity index (χ4n) is 8.28. The molecule has 2 N–H and O–H groups in total. The fourth-order valence-corrected chi connectivity index (χ4v) is 8.28. The molecular weight excluding hydrogens is 725 g/mol. The van der Waals surface area contributed by atoms with E-state index in [1.807, 2.05) is 42.5 Å². The van der Waals surface area contributed by atoms with Gasteiger partial charge in [0, 0.05) is 61.5 Å². The summed E-state index contributed by atoms with van der Waals surface area (Å²) in [5, 5.41) is 0. The van der Waals surface area contributed by atoms with Crippen molar-refractivity contribution in [1.29, 1.82) is 0 Å². The predicted molar refractivity (Wildman–Crippen MR) is 232 cm³/mol. The van der Waals surface area contributed by atoms with E-state index >= 15 is 0 Å². The molecule has 8 bridgehead atoms. The second-order valence-electron chi connectivity index (χ2n) is 14.1. The van der Waals surface area contributed by atoms with Gasteiger partial charge in [-0.1, -0.05) is 36.4 Å². The molecule has 0 saturated heterocycles. The van der Waals surface area contributed by atoms with Crippen molar-refractivity contribution in [2.45, 2.75) is 0 Å². The number of hydrogen-bond acceptors (Lipinski definition) is 7. The van der Waals surface area contributed by atoms with E-state index in [0.717, 1.165) is 118 Å². The number of nitrogens with one attached hydrogen (secondary N) is 2. The molecule has 5 heterocycles. The maximum Gasteiger partial charge on any atom is 0.132 e. The van der Waals surface area contributed by atoms with Gasteiger partial charge in [-0.25, -0.2) is 9.98 Å². The number of ether oxygens (including phenoxy) is 5. The van der Waals surface area contributed by atoms with Crippen LogP contribution in [0.2, 0.25) is 0 Å². The van der Waals surface area contributed by atoms with E-state index in [4.69, 9.17) is 33.7 Å². The second kappa shape index (κ2) is 13.9. The standard InChI is InChI=1S/C49H38N4O5/c1-54-30-12-6-27(7-13-30)44-36-18-19-37(50-36)45(28-8-14-31(55-2)15-9-28)39-22-23-41(52-39)47-34-24-33(57-4)25-43(58-5)48(34)49-35(47)26-42(53-49)46(40-21-20-38(44)51-40)29-10-16-32(56-3)17-11-29/h6-26,51-52H,1-5H3. The molecule has 4 aromatic carbocycles. The summed E-state index contributed by atoms with van der Waals surface area (Å²) in [6.07, 6.45) is 4.18. The molecule has 0 amide bonds. The summed E-state index contributed by atoms with van der Waals surface area (Å²) in [6.45, 7) is 0. The molecule has 0 atom stereocenters. The van der Waals surface area contributed by atoms with E-state index < -0.39 is 0 Å². The van der Waals surface area contributed by atoms with Crippen LogP contribution in [0.1, 0.15) is 22.5 Å². The van der Waals surface area contributed by atoms with Crippen molar-refractivity contribution in [2.75, 3.05) is 35.5 Å². The predicted octanol–water partition coefficient (Wildman–Crippen LogP) is 11.3. The van der Waals surface area contributed by atoms with Crippen LogP contribution in [-0.2, 0) is 0 Å². The third-order valence-electron chi connectivity index (χ3n) is 11.1. The number of methoxy groups -OCH3 is 5. The van der Waals surface area contributed by atoms with Crippen molar-refractivity contribution in [3.8, 4) is 73.3 Å². The molecule has 9 nitrogen and oxygen atoms in total. The van der Waals surface area contributed by atoms with Crippen molar-refractivity contribution in [2.24, 2.45) is 4.99 Å². The Kier molecular flexibility index (Phi) is 8.37. The van der Waals surface area contributed by atoms with Crippen LogP contribution in [0.15, 0.2) is 120 Å². The monoisotopic (exact) mass is 762 g/mol. The highest BCUT2D eigenvalue weighted by molar-refractivity contribution is 6.30. The molecule has 0 unspecified atom stereocenters. The first kappa shape index (κ1) is 34.9. The third kappa shape index (κ3) is 5.62. The highest BCUT2D eigenvalue weighted by Crippen LogP contribution is 2.50. The Balaban J connectivity index is 1.39. The van der Waals surface area contributed by atoms with Crippen molar-refractivity contribution >= 4 is 45.6 Å². The number of rotatable bonds is 8. The summed E-state index contributed by atoms with van der Waals surface area (Å²) in [6, 6.07) is 39.0. The Morgan fingerprint density at radius 2 is 0.845 bits per heavy atom.